The Kier molecular flexibility index (Phi) is 7.23. The number of hydrogen-bond donors (Lipinski definition) is 1. The van der Waals surface area contributed by atoms with Crippen molar-refractivity contribution >= 4 is 14.0 Å². The van der Waals surface area contributed by atoms with E-state index in [0.29, 0.717) is 0 Å². The van der Waals surface area contributed by atoms with Gasteiger partial charge in [0.25, 0.3) is 0 Å². The summed E-state index contributed by atoms with van der Waals surface area (Å²) in [7, 11) is -1.34. The van der Waals surface area contributed by atoms with Crippen molar-refractivity contribution in [2.75, 3.05) is 13.2 Å². The minimum absolute atomic E-state index is 0.171. The maximum Gasteiger partial charge on any atom is 0.329 e. The summed E-state index contributed by atoms with van der Waals surface area (Å²) in [5.41, 5.74) is 3.25. The maximum absolute atomic E-state index is 10.5. The highest BCUT2D eigenvalue weighted by molar-refractivity contribution is 6.83. The van der Waals surface area contributed by atoms with Gasteiger partial charge in [-0.3, -0.25) is 0 Å². The molecule has 0 spiro atoms. The Morgan fingerprint density at radius 1 is 1.30 bits per heavy atom. The van der Waals surface area contributed by atoms with Gasteiger partial charge >= 0.3 is 5.97 Å². The lowest BCUT2D eigenvalue weighted by Gasteiger charge is -2.16. The second kappa shape index (κ2) is 8.46. The molecule has 1 saturated heterocycles. The summed E-state index contributed by atoms with van der Waals surface area (Å²) in [5, 5.41) is 8.61. The van der Waals surface area contributed by atoms with Gasteiger partial charge < -0.3 is 19.3 Å². The molecule has 0 aromatic carbocycles. The summed E-state index contributed by atoms with van der Waals surface area (Å²) in [5.74, 6) is 1.33. The van der Waals surface area contributed by atoms with Crippen LogP contribution >= 0.6 is 0 Å². The molecule has 1 heterocycles. The summed E-state index contributed by atoms with van der Waals surface area (Å²) < 4.78 is 16.6. The van der Waals surface area contributed by atoms with Crippen molar-refractivity contribution < 1.29 is 24.1 Å². The fraction of sp³-hybridized carbons (Fsp3) is 0.588. The fourth-order valence-electron chi connectivity index (χ4n) is 1.95. The van der Waals surface area contributed by atoms with E-state index in [0.717, 1.165) is 0 Å². The Hall–Kier alpha value is -1.39. The molecule has 1 aliphatic heterocycles. The quantitative estimate of drug-likeness (QED) is 0.458. The summed E-state index contributed by atoms with van der Waals surface area (Å²) in [6, 6.07) is 0. The van der Waals surface area contributed by atoms with Crippen LogP contribution in [0.25, 0.3) is 0 Å². The third-order valence-electron chi connectivity index (χ3n) is 2.77. The van der Waals surface area contributed by atoms with E-state index < -0.39 is 19.8 Å². The number of carboxylic acid groups (broad SMARTS) is 1. The third-order valence-corrected chi connectivity index (χ3v) is 3.66. The minimum atomic E-state index is -1.34. The van der Waals surface area contributed by atoms with Crippen molar-refractivity contribution in [3.05, 3.63) is 24.3 Å². The van der Waals surface area contributed by atoms with Crippen molar-refractivity contribution in [1.82, 2.24) is 0 Å². The van der Waals surface area contributed by atoms with Gasteiger partial charge in [0.2, 0.25) is 0 Å². The van der Waals surface area contributed by atoms with Gasteiger partial charge in [-0.1, -0.05) is 43.8 Å². The molecule has 1 fully saturated rings. The van der Waals surface area contributed by atoms with Crippen molar-refractivity contribution in [2.45, 2.75) is 51.5 Å². The Morgan fingerprint density at radius 3 is 2.61 bits per heavy atom. The summed E-state index contributed by atoms with van der Waals surface area (Å²) in [6.07, 6.45) is 6.78. The summed E-state index contributed by atoms with van der Waals surface area (Å²) >= 11 is 0. The van der Waals surface area contributed by atoms with E-state index in [1.165, 1.54) is 0 Å². The van der Waals surface area contributed by atoms with Crippen molar-refractivity contribution in [3.63, 3.8) is 0 Å². The highest BCUT2D eigenvalue weighted by Crippen LogP contribution is 2.29. The average Bonchev–Trinajstić information content (AvgIpc) is 2.66. The van der Waals surface area contributed by atoms with Gasteiger partial charge in [0, 0.05) is 0 Å². The maximum atomic E-state index is 10.5. The average molecular weight is 338 g/mol. The zero-order chi connectivity index (χ0) is 17.5. The Labute approximate surface area is 139 Å². The summed E-state index contributed by atoms with van der Waals surface area (Å²) in [4.78, 5) is 10.5. The molecular weight excluding hydrogens is 312 g/mol. The first-order valence-electron chi connectivity index (χ1n) is 7.60. The first-order valence-corrected chi connectivity index (χ1v) is 11.1. The number of ether oxygens (including phenoxy) is 3. The minimum Gasteiger partial charge on any atom is -0.480 e. The molecule has 128 valence electrons. The summed E-state index contributed by atoms with van der Waals surface area (Å²) in [6.45, 7) is 10.0. The lowest BCUT2D eigenvalue weighted by atomic mass is 10.2. The van der Waals surface area contributed by atoms with Crippen LogP contribution in [-0.4, -0.2) is 50.4 Å². The number of carboxylic acids is 1. The number of allylic oxidation sites excluding steroid dienone is 3. The molecule has 0 bridgehead atoms. The van der Waals surface area contributed by atoms with Gasteiger partial charge in [0.1, 0.15) is 26.9 Å². The Bertz CT molecular complexity index is 519. The zero-order valence-corrected chi connectivity index (χ0v) is 15.5. The van der Waals surface area contributed by atoms with Crippen LogP contribution in [0.3, 0.4) is 0 Å². The van der Waals surface area contributed by atoms with Gasteiger partial charge in [-0.05, 0) is 19.9 Å². The third kappa shape index (κ3) is 8.72. The SMILES string of the molecule is CC1(C)O[C@@H](COCC(=O)O)[C@@H](/C=C/C=C/C#C[Si](C)(C)C)O1. The van der Waals surface area contributed by atoms with Crippen LogP contribution in [0.2, 0.25) is 19.6 Å². The molecule has 0 aliphatic carbocycles. The van der Waals surface area contributed by atoms with Crippen LogP contribution in [0.1, 0.15) is 13.8 Å². The molecule has 0 aromatic rings. The van der Waals surface area contributed by atoms with Gasteiger partial charge in [0.15, 0.2) is 5.79 Å². The molecular formula is C17H26O5Si. The monoisotopic (exact) mass is 338 g/mol. The van der Waals surface area contributed by atoms with E-state index in [9.17, 15) is 4.79 Å². The van der Waals surface area contributed by atoms with Gasteiger partial charge in [-0.15, -0.1) is 5.54 Å². The lowest BCUT2D eigenvalue weighted by molar-refractivity contribution is -0.152. The predicted molar refractivity (Wildman–Crippen MR) is 91.7 cm³/mol. The van der Waals surface area contributed by atoms with Gasteiger partial charge in [0.05, 0.1) is 6.61 Å². The predicted octanol–water partition coefficient (Wildman–Crippen LogP) is 2.60. The molecule has 5 nitrogen and oxygen atoms in total. The highest BCUT2D eigenvalue weighted by atomic mass is 28.3. The molecule has 0 saturated carbocycles. The van der Waals surface area contributed by atoms with Crippen LogP contribution in [0.4, 0.5) is 0 Å². The topological polar surface area (TPSA) is 65.0 Å². The zero-order valence-electron chi connectivity index (χ0n) is 14.5. The van der Waals surface area contributed by atoms with E-state index in [1.54, 1.807) is 0 Å². The van der Waals surface area contributed by atoms with Crippen LogP contribution < -0.4 is 0 Å². The van der Waals surface area contributed by atoms with Crippen LogP contribution in [0, 0.1) is 11.5 Å². The van der Waals surface area contributed by atoms with E-state index in [1.807, 2.05) is 38.2 Å². The van der Waals surface area contributed by atoms with Crippen LogP contribution in [-0.2, 0) is 19.0 Å². The molecule has 1 N–H and O–H groups in total. The van der Waals surface area contributed by atoms with E-state index >= 15 is 0 Å². The second-order valence-electron chi connectivity index (χ2n) is 6.81. The van der Waals surface area contributed by atoms with E-state index in [4.69, 9.17) is 19.3 Å². The van der Waals surface area contributed by atoms with Crippen molar-refractivity contribution in [3.8, 4) is 11.5 Å². The Balaban J connectivity index is 2.56. The normalized spacial score (nSPS) is 24.0. The highest BCUT2D eigenvalue weighted by Gasteiger charge is 2.39. The Morgan fingerprint density at radius 2 is 2.00 bits per heavy atom. The number of hydrogen-bond acceptors (Lipinski definition) is 4. The molecule has 0 amide bonds. The lowest BCUT2D eigenvalue weighted by Crippen LogP contribution is -2.27. The molecule has 1 aliphatic rings. The van der Waals surface area contributed by atoms with Crippen molar-refractivity contribution in [2.24, 2.45) is 0 Å². The smallest absolute Gasteiger partial charge is 0.329 e. The number of carbonyl (C=O) groups is 1. The molecule has 23 heavy (non-hydrogen) atoms. The van der Waals surface area contributed by atoms with Gasteiger partial charge in [-0.25, -0.2) is 4.79 Å². The molecule has 1 rings (SSSR count). The van der Waals surface area contributed by atoms with E-state index in [-0.39, 0.29) is 25.4 Å². The first-order chi connectivity index (χ1) is 10.6. The number of rotatable bonds is 6. The first kappa shape index (κ1) is 19.7. The second-order valence-corrected chi connectivity index (χ2v) is 11.6. The largest absolute Gasteiger partial charge is 0.480 e. The van der Waals surface area contributed by atoms with Crippen LogP contribution in [0.15, 0.2) is 24.3 Å². The molecule has 6 heteroatoms. The number of aliphatic carboxylic acids is 1. The molecule has 0 unspecified atom stereocenters. The fourth-order valence-corrected chi connectivity index (χ4v) is 2.47. The van der Waals surface area contributed by atoms with Crippen LogP contribution in [0.5, 0.6) is 0 Å². The molecule has 2 atom stereocenters. The molecule has 0 radical (unpaired) electrons. The van der Waals surface area contributed by atoms with Crippen molar-refractivity contribution in [1.29, 1.82) is 0 Å². The standard InChI is InChI=1S/C17H26O5Si/c1-17(2)21-14(15(22-17)12-20-13-16(18)19)10-8-6-7-9-11-23(3,4)5/h6-8,10,14-15H,12-13H2,1-5H3,(H,18,19)/b7-6+,10-8+/t14-,15+/m1/s1. The molecule has 0 aromatic heterocycles. The van der Waals surface area contributed by atoms with E-state index in [2.05, 4.69) is 31.1 Å². The van der Waals surface area contributed by atoms with Gasteiger partial charge in [-0.2, -0.15) is 0 Å².